The molecule has 1 unspecified atom stereocenters. The lowest BCUT2D eigenvalue weighted by atomic mass is 9.93. The number of benzene rings is 2. The summed E-state index contributed by atoms with van der Waals surface area (Å²) in [6.45, 7) is 5.99. The second-order valence-corrected chi connectivity index (χ2v) is 4.95. The molecule has 1 heteroatoms. The Morgan fingerprint density at radius 2 is 1.53 bits per heavy atom. The number of hydrogen-bond acceptors (Lipinski definition) is 1. The minimum atomic E-state index is -0.427. The standard InChI is InChI=1S/C18H20O/c1-13-7-4-5-9-16(13)18-10-6-8-14(2)17(18)12-11-15(3)19/h4-12,15,19H,1-3H3. The van der Waals surface area contributed by atoms with Crippen molar-refractivity contribution < 1.29 is 5.11 Å². The van der Waals surface area contributed by atoms with Gasteiger partial charge in [0.05, 0.1) is 6.10 Å². The van der Waals surface area contributed by atoms with E-state index >= 15 is 0 Å². The summed E-state index contributed by atoms with van der Waals surface area (Å²) in [5, 5.41) is 9.43. The molecule has 0 saturated carbocycles. The van der Waals surface area contributed by atoms with Crippen LogP contribution in [0.25, 0.3) is 17.2 Å². The van der Waals surface area contributed by atoms with E-state index in [0.717, 1.165) is 0 Å². The van der Waals surface area contributed by atoms with E-state index in [-0.39, 0.29) is 0 Å². The molecule has 1 nitrogen and oxygen atoms in total. The summed E-state index contributed by atoms with van der Waals surface area (Å²) >= 11 is 0. The number of aryl methyl sites for hydroxylation is 2. The molecule has 0 bridgehead atoms. The Bertz CT molecular complexity index is 594. The summed E-state index contributed by atoms with van der Waals surface area (Å²) in [6.07, 6.45) is 3.41. The van der Waals surface area contributed by atoms with Crippen LogP contribution >= 0.6 is 0 Å². The minimum Gasteiger partial charge on any atom is -0.389 e. The molecule has 2 aromatic rings. The van der Waals surface area contributed by atoms with Crippen molar-refractivity contribution in [2.24, 2.45) is 0 Å². The van der Waals surface area contributed by atoms with Gasteiger partial charge in [0.2, 0.25) is 0 Å². The zero-order valence-electron chi connectivity index (χ0n) is 11.7. The molecule has 0 spiro atoms. The number of aliphatic hydroxyl groups excluding tert-OH is 1. The Morgan fingerprint density at radius 3 is 2.21 bits per heavy atom. The van der Waals surface area contributed by atoms with Crippen LogP contribution in [0.4, 0.5) is 0 Å². The Morgan fingerprint density at radius 1 is 0.895 bits per heavy atom. The lowest BCUT2D eigenvalue weighted by Gasteiger charge is -2.12. The fourth-order valence-corrected chi connectivity index (χ4v) is 2.25. The molecular formula is C18H20O. The summed E-state index contributed by atoms with van der Waals surface area (Å²) < 4.78 is 0. The van der Waals surface area contributed by atoms with E-state index in [9.17, 15) is 5.11 Å². The first kappa shape index (κ1) is 13.6. The monoisotopic (exact) mass is 252 g/mol. The van der Waals surface area contributed by atoms with Gasteiger partial charge in [-0.25, -0.2) is 0 Å². The summed E-state index contributed by atoms with van der Waals surface area (Å²) in [7, 11) is 0. The molecule has 0 radical (unpaired) electrons. The molecule has 2 rings (SSSR count). The average molecular weight is 252 g/mol. The highest BCUT2D eigenvalue weighted by Gasteiger charge is 2.07. The minimum absolute atomic E-state index is 0.427. The van der Waals surface area contributed by atoms with E-state index < -0.39 is 6.10 Å². The maximum Gasteiger partial charge on any atom is 0.0696 e. The first-order valence-electron chi connectivity index (χ1n) is 6.61. The van der Waals surface area contributed by atoms with Gasteiger partial charge in [0.15, 0.2) is 0 Å². The zero-order valence-corrected chi connectivity index (χ0v) is 11.7. The number of aliphatic hydroxyl groups is 1. The lowest BCUT2D eigenvalue weighted by molar-refractivity contribution is 0.245. The molecule has 0 aliphatic carbocycles. The fourth-order valence-electron chi connectivity index (χ4n) is 2.25. The van der Waals surface area contributed by atoms with Crippen molar-refractivity contribution in [1.82, 2.24) is 0 Å². The van der Waals surface area contributed by atoms with Crippen LogP contribution < -0.4 is 0 Å². The van der Waals surface area contributed by atoms with E-state index in [1.807, 2.05) is 12.2 Å². The predicted octanol–water partition coefficient (Wildman–Crippen LogP) is 4.36. The van der Waals surface area contributed by atoms with Crippen molar-refractivity contribution in [3.63, 3.8) is 0 Å². The molecule has 1 atom stereocenters. The molecule has 98 valence electrons. The molecule has 0 aromatic heterocycles. The highest BCUT2D eigenvalue weighted by molar-refractivity contribution is 5.78. The van der Waals surface area contributed by atoms with Crippen LogP contribution in [0.3, 0.4) is 0 Å². The normalized spacial score (nSPS) is 12.8. The highest BCUT2D eigenvalue weighted by atomic mass is 16.3. The molecule has 0 fully saturated rings. The van der Waals surface area contributed by atoms with E-state index in [2.05, 4.69) is 56.3 Å². The van der Waals surface area contributed by atoms with E-state index in [4.69, 9.17) is 0 Å². The van der Waals surface area contributed by atoms with Gasteiger partial charge in [0.1, 0.15) is 0 Å². The van der Waals surface area contributed by atoms with Crippen LogP contribution in [0, 0.1) is 13.8 Å². The van der Waals surface area contributed by atoms with Crippen molar-refractivity contribution in [2.45, 2.75) is 26.9 Å². The molecule has 0 aliphatic heterocycles. The third-order valence-corrected chi connectivity index (χ3v) is 3.30. The molecule has 1 N–H and O–H groups in total. The van der Waals surface area contributed by atoms with Crippen LogP contribution in [0.2, 0.25) is 0 Å². The van der Waals surface area contributed by atoms with Crippen molar-refractivity contribution >= 4 is 6.08 Å². The zero-order chi connectivity index (χ0) is 13.8. The van der Waals surface area contributed by atoms with E-state index in [1.54, 1.807) is 6.92 Å². The SMILES string of the molecule is Cc1ccccc1-c1cccc(C)c1C=CC(C)O. The van der Waals surface area contributed by atoms with Gasteiger partial charge >= 0.3 is 0 Å². The Labute approximate surface area is 115 Å². The molecule has 0 amide bonds. The molecule has 0 saturated heterocycles. The van der Waals surface area contributed by atoms with Gasteiger partial charge in [-0.15, -0.1) is 0 Å². The highest BCUT2D eigenvalue weighted by Crippen LogP contribution is 2.29. The topological polar surface area (TPSA) is 20.2 Å². The average Bonchev–Trinajstić information content (AvgIpc) is 2.37. The molecular weight excluding hydrogens is 232 g/mol. The van der Waals surface area contributed by atoms with Gasteiger partial charge in [-0.1, -0.05) is 54.6 Å². The number of hydrogen-bond donors (Lipinski definition) is 1. The van der Waals surface area contributed by atoms with Crippen LogP contribution in [-0.2, 0) is 0 Å². The second-order valence-electron chi connectivity index (χ2n) is 4.95. The van der Waals surface area contributed by atoms with Crippen LogP contribution in [0.5, 0.6) is 0 Å². The lowest BCUT2D eigenvalue weighted by Crippen LogP contribution is -1.94. The second kappa shape index (κ2) is 5.85. The van der Waals surface area contributed by atoms with Gasteiger partial charge in [-0.2, -0.15) is 0 Å². The Balaban J connectivity index is 2.58. The molecule has 0 aliphatic rings. The maximum atomic E-state index is 9.43. The van der Waals surface area contributed by atoms with Crippen LogP contribution in [0.15, 0.2) is 48.5 Å². The molecule has 2 aromatic carbocycles. The van der Waals surface area contributed by atoms with Crippen LogP contribution in [0.1, 0.15) is 23.6 Å². The Hall–Kier alpha value is -1.86. The van der Waals surface area contributed by atoms with Crippen molar-refractivity contribution in [3.05, 3.63) is 65.2 Å². The van der Waals surface area contributed by atoms with Crippen molar-refractivity contribution in [3.8, 4) is 11.1 Å². The first-order valence-corrected chi connectivity index (χ1v) is 6.61. The maximum absolute atomic E-state index is 9.43. The van der Waals surface area contributed by atoms with Gasteiger partial charge in [-0.3, -0.25) is 0 Å². The third kappa shape index (κ3) is 3.12. The quantitative estimate of drug-likeness (QED) is 0.860. The van der Waals surface area contributed by atoms with E-state index in [1.165, 1.54) is 27.8 Å². The van der Waals surface area contributed by atoms with Crippen LogP contribution in [-0.4, -0.2) is 11.2 Å². The predicted molar refractivity (Wildman–Crippen MR) is 82.1 cm³/mol. The largest absolute Gasteiger partial charge is 0.389 e. The summed E-state index contributed by atoms with van der Waals surface area (Å²) in [6, 6.07) is 14.7. The van der Waals surface area contributed by atoms with E-state index in [0.29, 0.717) is 0 Å². The summed E-state index contributed by atoms with van der Waals surface area (Å²) in [4.78, 5) is 0. The molecule has 19 heavy (non-hydrogen) atoms. The first-order chi connectivity index (χ1) is 9.09. The smallest absolute Gasteiger partial charge is 0.0696 e. The number of rotatable bonds is 3. The third-order valence-electron chi connectivity index (χ3n) is 3.30. The summed E-state index contributed by atoms with van der Waals surface area (Å²) in [5.41, 5.74) is 6.13. The Kier molecular flexibility index (Phi) is 4.18. The van der Waals surface area contributed by atoms with Crippen molar-refractivity contribution in [1.29, 1.82) is 0 Å². The molecule has 0 heterocycles. The van der Waals surface area contributed by atoms with Gasteiger partial charge < -0.3 is 5.11 Å². The fraction of sp³-hybridized carbons (Fsp3) is 0.222. The van der Waals surface area contributed by atoms with Gasteiger partial charge in [-0.05, 0) is 48.6 Å². The van der Waals surface area contributed by atoms with Gasteiger partial charge in [0, 0.05) is 0 Å². The van der Waals surface area contributed by atoms with Crippen molar-refractivity contribution in [2.75, 3.05) is 0 Å². The summed E-state index contributed by atoms with van der Waals surface area (Å²) in [5.74, 6) is 0. The van der Waals surface area contributed by atoms with Gasteiger partial charge in [0.25, 0.3) is 0 Å².